The lowest BCUT2D eigenvalue weighted by Gasteiger charge is -2.29. The molecule has 1 aliphatic heterocycles. The molecule has 2 amide bonds. The SMILES string of the molecule is Cc1cc(CNC(=O)O)cc(C)c1CNC(=O)c1nccnc1NCC1CCN(C)CC1. The van der Waals surface area contributed by atoms with E-state index in [1.807, 2.05) is 26.0 Å². The van der Waals surface area contributed by atoms with Crippen LogP contribution in [0, 0.1) is 19.8 Å². The van der Waals surface area contributed by atoms with E-state index in [9.17, 15) is 9.59 Å². The molecule has 4 N–H and O–H groups in total. The van der Waals surface area contributed by atoms with Gasteiger partial charge in [0.25, 0.3) is 5.91 Å². The predicted octanol–water partition coefficient (Wildman–Crippen LogP) is 2.54. The van der Waals surface area contributed by atoms with Crippen LogP contribution in [0.3, 0.4) is 0 Å². The molecule has 1 aromatic heterocycles. The summed E-state index contributed by atoms with van der Waals surface area (Å²) in [4.78, 5) is 34.5. The quantitative estimate of drug-likeness (QED) is 0.498. The predicted molar refractivity (Wildman–Crippen MR) is 123 cm³/mol. The topological polar surface area (TPSA) is 119 Å². The number of hydrogen-bond acceptors (Lipinski definition) is 6. The summed E-state index contributed by atoms with van der Waals surface area (Å²) in [5.41, 5.74) is 4.16. The van der Waals surface area contributed by atoms with E-state index in [1.54, 1.807) is 6.20 Å². The van der Waals surface area contributed by atoms with E-state index in [4.69, 9.17) is 5.11 Å². The summed E-state index contributed by atoms with van der Waals surface area (Å²) in [5.74, 6) is 0.787. The molecule has 0 bridgehead atoms. The number of carboxylic acid groups (broad SMARTS) is 1. The number of carbonyl (C=O) groups excluding carboxylic acids is 1. The molecule has 172 valence electrons. The summed E-state index contributed by atoms with van der Waals surface area (Å²) in [6.45, 7) is 7.46. The third-order valence-corrected chi connectivity index (χ3v) is 5.93. The number of amides is 2. The second kappa shape index (κ2) is 10.9. The minimum absolute atomic E-state index is 0.246. The van der Waals surface area contributed by atoms with Crippen LogP contribution in [0.4, 0.5) is 10.6 Å². The molecule has 2 aromatic rings. The van der Waals surface area contributed by atoms with Crippen molar-refractivity contribution >= 4 is 17.8 Å². The summed E-state index contributed by atoms with van der Waals surface area (Å²) in [5, 5.41) is 17.4. The van der Waals surface area contributed by atoms with Crippen molar-refractivity contribution in [3.05, 3.63) is 52.5 Å². The van der Waals surface area contributed by atoms with Crippen LogP contribution in [-0.2, 0) is 13.1 Å². The van der Waals surface area contributed by atoms with Crippen LogP contribution in [0.5, 0.6) is 0 Å². The van der Waals surface area contributed by atoms with Crippen LogP contribution in [0.15, 0.2) is 24.5 Å². The molecular weight excluding hydrogens is 408 g/mol. The molecule has 2 heterocycles. The highest BCUT2D eigenvalue weighted by Crippen LogP contribution is 2.19. The fourth-order valence-corrected chi connectivity index (χ4v) is 4.03. The van der Waals surface area contributed by atoms with Gasteiger partial charge < -0.3 is 26.0 Å². The average Bonchev–Trinajstić information content (AvgIpc) is 2.77. The summed E-state index contributed by atoms with van der Waals surface area (Å²) in [7, 11) is 2.14. The number of rotatable bonds is 8. The molecule has 9 heteroatoms. The van der Waals surface area contributed by atoms with Crippen molar-refractivity contribution in [3.63, 3.8) is 0 Å². The van der Waals surface area contributed by atoms with Crippen LogP contribution in [-0.4, -0.2) is 58.7 Å². The highest BCUT2D eigenvalue weighted by atomic mass is 16.4. The van der Waals surface area contributed by atoms with E-state index in [2.05, 4.69) is 37.9 Å². The summed E-state index contributed by atoms with van der Waals surface area (Å²) >= 11 is 0. The smallest absolute Gasteiger partial charge is 0.404 e. The summed E-state index contributed by atoms with van der Waals surface area (Å²) < 4.78 is 0. The van der Waals surface area contributed by atoms with Gasteiger partial charge in [0, 0.05) is 32.0 Å². The Labute approximate surface area is 188 Å². The van der Waals surface area contributed by atoms with Crippen LogP contribution in [0.25, 0.3) is 0 Å². The number of likely N-dealkylation sites (tertiary alicyclic amines) is 1. The van der Waals surface area contributed by atoms with E-state index in [1.165, 1.54) is 6.20 Å². The highest BCUT2D eigenvalue weighted by Gasteiger charge is 2.19. The Morgan fingerprint density at radius 1 is 1.06 bits per heavy atom. The molecule has 9 nitrogen and oxygen atoms in total. The lowest BCUT2D eigenvalue weighted by molar-refractivity contribution is 0.0946. The number of anilines is 1. The number of hydrogen-bond donors (Lipinski definition) is 4. The first-order valence-corrected chi connectivity index (χ1v) is 10.9. The minimum atomic E-state index is -1.05. The van der Waals surface area contributed by atoms with Gasteiger partial charge in [-0.15, -0.1) is 0 Å². The molecule has 1 saturated heterocycles. The first-order valence-electron chi connectivity index (χ1n) is 10.9. The average molecular weight is 441 g/mol. The zero-order chi connectivity index (χ0) is 23.1. The molecule has 1 fully saturated rings. The molecule has 1 aromatic carbocycles. The van der Waals surface area contributed by atoms with Gasteiger partial charge in [0.1, 0.15) is 0 Å². The third kappa shape index (κ3) is 6.40. The molecule has 0 aliphatic carbocycles. The number of nitrogens with zero attached hydrogens (tertiary/aromatic N) is 3. The third-order valence-electron chi connectivity index (χ3n) is 5.93. The standard InChI is InChI=1S/C23H32N6O3/c1-15-10-18(13-28-23(31)32)11-16(2)19(15)14-27-22(30)20-21(25-7-6-24-20)26-12-17-4-8-29(3)9-5-17/h6-7,10-11,17,28H,4-5,8-9,12-14H2,1-3H3,(H,25,26)(H,27,30)(H,31,32). The second-order valence-corrected chi connectivity index (χ2v) is 8.43. The van der Waals surface area contributed by atoms with Crippen molar-refractivity contribution in [2.45, 2.75) is 39.8 Å². The summed E-state index contributed by atoms with van der Waals surface area (Å²) in [6, 6.07) is 3.86. The molecule has 1 aliphatic rings. The maximum atomic E-state index is 12.9. The van der Waals surface area contributed by atoms with Gasteiger partial charge in [-0.1, -0.05) is 12.1 Å². The molecule has 0 saturated carbocycles. The Bertz CT molecular complexity index is 933. The Balaban J connectivity index is 1.61. The Morgan fingerprint density at radius 2 is 1.72 bits per heavy atom. The van der Waals surface area contributed by atoms with Gasteiger partial charge in [0.05, 0.1) is 0 Å². The van der Waals surface area contributed by atoms with Gasteiger partial charge in [-0.2, -0.15) is 0 Å². The zero-order valence-corrected chi connectivity index (χ0v) is 18.9. The van der Waals surface area contributed by atoms with Gasteiger partial charge in [0.2, 0.25) is 0 Å². The van der Waals surface area contributed by atoms with Crippen molar-refractivity contribution in [2.24, 2.45) is 5.92 Å². The molecule has 0 radical (unpaired) electrons. The van der Waals surface area contributed by atoms with Crippen molar-refractivity contribution in [1.82, 2.24) is 25.5 Å². The molecule has 0 unspecified atom stereocenters. The summed E-state index contributed by atoms with van der Waals surface area (Å²) in [6.07, 6.45) is 4.31. The maximum absolute atomic E-state index is 12.9. The van der Waals surface area contributed by atoms with Gasteiger partial charge in [0.15, 0.2) is 11.5 Å². The van der Waals surface area contributed by atoms with E-state index >= 15 is 0 Å². The van der Waals surface area contributed by atoms with Crippen LogP contribution in [0.2, 0.25) is 0 Å². The first-order chi connectivity index (χ1) is 15.3. The molecule has 3 rings (SSSR count). The van der Waals surface area contributed by atoms with E-state index in [-0.39, 0.29) is 18.1 Å². The number of piperidine rings is 1. The number of aromatic nitrogens is 2. The highest BCUT2D eigenvalue weighted by molar-refractivity contribution is 5.96. The van der Waals surface area contributed by atoms with Gasteiger partial charge in [-0.3, -0.25) is 4.79 Å². The number of aryl methyl sites for hydroxylation is 2. The zero-order valence-electron chi connectivity index (χ0n) is 18.9. The van der Waals surface area contributed by atoms with Crippen LogP contribution < -0.4 is 16.0 Å². The maximum Gasteiger partial charge on any atom is 0.404 e. The van der Waals surface area contributed by atoms with E-state index < -0.39 is 6.09 Å². The molecule has 32 heavy (non-hydrogen) atoms. The van der Waals surface area contributed by atoms with Gasteiger partial charge in [-0.05, 0) is 75.0 Å². The largest absolute Gasteiger partial charge is 0.465 e. The van der Waals surface area contributed by atoms with Crippen molar-refractivity contribution in [2.75, 3.05) is 32.0 Å². The molecular formula is C23H32N6O3. The Hall–Kier alpha value is -3.20. The van der Waals surface area contributed by atoms with Gasteiger partial charge in [-0.25, -0.2) is 14.8 Å². The Morgan fingerprint density at radius 3 is 2.38 bits per heavy atom. The van der Waals surface area contributed by atoms with Gasteiger partial charge >= 0.3 is 6.09 Å². The first kappa shape index (κ1) is 23.5. The second-order valence-electron chi connectivity index (χ2n) is 8.43. The van der Waals surface area contributed by atoms with E-state index in [0.717, 1.165) is 54.7 Å². The van der Waals surface area contributed by atoms with Crippen LogP contribution in [0.1, 0.15) is 45.6 Å². The number of benzene rings is 1. The number of carbonyl (C=O) groups is 2. The van der Waals surface area contributed by atoms with E-state index in [0.29, 0.717) is 18.3 Å². The monoisotopic (exact) mass is 440 g/mol. The molecule has 0 spiro atoms. The van der Waals surface area contributed by atoms with Crippen molar-refractivity contribution in [3.8, 4) is 0 Å². The fraction of sp³-hybridized carbons (Fsp3) is 0.478. The lowest BCUT2D eigenvalue weighted by Crippen LogP contribution is -2.33. The van der Waals surface area contributed by atoms with Crippen molar-refractivity contribution in [1.29, 1.82) is 0 Å². The lowest BCUT2D eigenvalue weighted by atomic mass is 9.97. The van der Waals surface area contributed by atoms with Crippen LogP contribution >= 0.6 is 0 Å². The normalized spacial score (nSPS) is 14.7. The Kier molecular flexibility index (Phi) is 7.99. The van der Waals surface area contributed by atoms with Crippen molar-refractivity contribution < 1.29 is 14.7 Å². The minimum Gasteiger partial charge on any atom is -0.465 e. The number of nitrogens with one attached hydrogen (secondary N) is 3. The fourth-order valence-electron chi connectivity index (χ4n) is 4.03. The molecule has 0 atom stereocenters.